The van der Waals surface area contributed by atoms with Crippen LogP contribution in [0, 0.1) is 0 Å². The summed E-state index contributed by atoms with van der Waals surface area (Å²) in [6, 6.07) is 0.172. The van der Waals surface area contributed by atoms with E-state index in [2.05, 4.69) is 5.32 Å². The third-order valence-electron chi connectivity index (χ3n) is 1.62. The third kappa shape index (κ3) is 5.70. The summed E-state index contributed by atoms with van der Waals surface area (Å²) in [7, 11) is 0. The van der Waals surface area contributed by atoms with Crippen molar-refractivity contribution in [3.63, 3.8) is 0 Å². The minimum atomic E-state index is -0.436. The lowest BCUT2D eigenvalue weighted by molar-refractivity contribution is -0.125. The second kappa shape index (κ2) is 5.57. The molecule has 0 radical (unpaired) electrons. The number of rotatable bonds is 5. The van der Waals surface area contributed by atoms with Gasteiger partial charge >= 0.3 is 0 Å². The van der Waals surface area contributed by atoms with Crippen LogP contribution < -0.4 is 11.1 Å². The van der Waals surface area contributed by atoms with Gasteiger partial charge in [-0.05, 0) is 13.3 Å². The summed E-state index contributed by atoms with van der Waals surface area (Å²) in [5, 5.41) is 2.74. The summed E-state index contributed by atoms with van der Waals surface area (Å²) in [6.45, 7) is 3.90. The lowest BCUT2D eigenvalue weighted by Crippen LogP contribution is -2.32. The molecule has 2 amide bonds. The molecule has 0 aliphatic rings. The first kappa shape index (κ1) is 10.9. The maximum absolute atomic E-state index is 11.0. The van der Waals surface area contributed by atoms with Crippen molar-refractivity contribution in [3.05, 3.63) is 0 Å². The zero-order valence-electron chi connectivity index (χ0n) is 7.59. The highest BCUT2D eigenvalue weighted by Crippen LogP contribution is 1.92. The topological polar surface area (TPSA) is 72.2 Å². The molecule has 0 bridgehead atoms. The molecule has 0 saturated carbocycles. The Morgan fingerprint density at radius 1 is 1.42 bits per heavy atom. The lowest BCUT2D eigenvalue weighted by Gasteiger charge is -2.10. The van der Waals surface area contributed by atoms with E-state index < -0.39 is 5.91 Å². The van der Waals surface area contributed by atoms with Crippen molar-refractivity contribution in [2.24, 2.45) is 5.73 Å². The van der Waals surface area contributed by atoms with Crippen LogP contribution in [0.2, 0.25) is 0 Å². The number of primary amides is 1. The fraction of sp³-hybridized carbons (Fsp3) is 0.750. The zero-order valence-corrected chi connectivity index (χ0v) is 7.59. The summed E-state index contributed by atoms with van der Waals surface area (Å²) < 4.78 is 0. The Morgan fingerprint density at radius 2 is 2.00 bits per heavy atom. The van der Waals surface area contributed by atoms with Crippen LogP contribution in [0.15, 0.2) is 0 Å². The largest absolute Gasteiger partial charge is 0.370 e. The number of carbonyl (C=O) groups excluding carboxylic acids is 2. The van der Waals surface area contributed by atoms with Gasteiger partial charge < -0.3 is 11.1 Å². The van der Waals surface area contributed by atoms with E-state index in [1.165, 1.54) is 0 Å². The van der Waals surface area contributed by atoms with Gasteiger partial charge in [0, 0.05) is 18.9 Å². The van der Waals surface area contributed by atoms with E-state index in [-0.39, 0.29) is 24.8 Å². The Bertz CT molecular complexity index is 168. The summed E-state index contributed by atoms with van der Waals surface area (Å²) in [5.41, 5.74) is 4.89. The van der Waals surface area contributed by atoms with Gasteiger partial charge in [-0.3, -0.25) is 9.59 Å². The van der Waals surface area contributed by atoms with Gasteiger partial charge in [0.25, 0.3) is 0 Å². The van der Waals surface area contributed by atoms with Crippen LogP contribution in [0.3, 0.4) is 0 Å². The minimum absolute atomic E-state index is 0.108. The van der Waals surface area contributed by atoms with Gasteiger partial charge in [-0.1, -0.05) is 6.92 Å². The summed E-state index contributed by atoms with van der Waals surface area (Å²) in [4.78, 5) is 21.3. The number of nitrogens with two attached hydrogens (primary N) is 1. The molecule has 3 N–H and O–H groups in total. The Kier molecular flexibility index (Phi) is 5.08. The molecule has 0 aromatic carbocycles. The zero-order chi connectivity index (χ0) is 9.56. The van der Waals surface area contributed by atoms with E-state index in [4.69, 9.17) is 5.73 Å². The molecular weight excluding hydrogens is 156 g/mol. The van der Waals surface area contributed by atoms with Crippen LogP contribution in [-0.4, -0.2) is 17.9 Å². The van der Waals surface area contributed by atoms with Crippen LogP contribution in [0.1, 0.15) is 33.1 Å². The Hall–Kier alpha value is -1.06. The molecule has 0 rings (SSSR count). The standard InChI is InChI=1S/C8H16N2O2/c1-3-6(2)10-8(12)5-4-7(9)11/h6H,3-5H2,1-2H3,(H2,9,11)(H,10,12). The predicted octanol–water partition coefficient (Wildman–Crippen LogP) is 0.167. The van der Waals surface area contributed by atoms with E-state index in [9.17, 15) is 9.59 Å². The highest BCUT2D eigenvalue weighted by atomic mass is 16.2. The molecule has 0 aliphatic carbocycles. The molecule has 70 valence electrons. The van der Waals surface area contributed by atoms with Crippen molar-refractivity contribution in [1.82, 2.24) is 5.32 Å². The van der Waals surface area contributed by atoms with Crippen molar-refractivity contribution in [3.8, 4) is 0 Å². The Labute approximate surface area is 72.5 Å². The van der Waals surface area contributed by atoms with Crippen molar-refractivity contribution in [1.29, 1.82) is 0 Å². The Balaban J connectivity index is 3.53. The van der Waals surface area contributed by atoms with Crippen molar-refractivity contribution < 1.29 is 9.59 Å². The van der Waals surface area contributed by atoms with Gasteiger partial charge in [0.1, 0.15) is 0 Å². The van der Waals surface area contributed by atoms with E-state index >= 15 is 0 Å². The summed E-state index contributed by atoms with van der Waals surface area (Å²) in [6.07, 6.45) is 1.21. The van der Waals surface area contributed by atoms with Crippen molar-refractivity contribution in [2.75, 3.05) is 0 Å². The molecule has 4 nitrogen and oxygen atoms in total. The van der Waals surface area contributed by atoms with Gasteiger partial charge in [-0.15, -0.1) is 0 Å². The van der Waals surface area contributed by atoms with E-state index in [1.54, 1.807) is 0 Å². The van der Waals surface area contributed by atoms with Gasteiger partial charge in [-0.2, -0.15) is 0 Å². The average molecular weight is 172 g/mol. The number of nitrogens with one attached hydrogen (secondary N) is 1. The SMILES string of the molecule is CCC(C)NC(=O)CCC(N)=O. The molecule has 0 aromatic rings. The van der Waals surface area contributed by atoms with E-state index in [0.717, 1.165) is 6.42 Å². The third-order valence-corrected chi connectivity index (χ3v) is 1.62. The van der Waals surface area contributed by atoms with Gasteiger partial charge in [-0.25, -0.2) is 0 Å². The van der Waals surface area contributed by atoms with Crippen LogP contribution in [0.25, 0.3) is 0 Å². The minimum Gasteiger partial charge on any atom is -0.370 e. The highest BCUT2D eigenvalue weighted by molar-refractivity contribution is 5.82. The molecule has 1 atom stereocenters. The molecule has 0 heterocycles. The molecule has 0 fully saturated rings. The molecule has 12 heavy (non-hydrogen) atoms. The number of hydrogen-bond donors (Lipinski definition) is 2. The molecular formula is C8H16N2O2. The second-order valence-corrected chi connectivity index (χ2v) is 2.84. The fourth-order valence-corrected chi connectivity index (χ4v) is 0.686. The van der Waals surface area contributed by atoms with E-state index in [0.29, 0.717) is 0 Å². The summed E-state index contributed by atoms with van der Waals surface area (Å²) >= 11 is 0. The molecule has 0 aliphatic heterocycles. The quantitative estimate of drug-likeness (QED) is 0.620. The molecule has 0 aromatic heterocycles. The number of hydrogen-bond acceptors (Lipinski definition) is 2. The fourth-order valence-electron chi connectivity index (χ4n) is 0.686. The molecule has 0 spiro atoms. The van der Waals surface area contributed by atoms with Gasteiger partial charge in [0.2, 0.25) is 11.8 Å². The number of carbonyl (C=O) groups is 2. The van der Waals surface area contributed by atoms with Crippen molar-refractivity contribution in [2.45, 2.75) is 39.2 Å². The molecule has 0 saturated heterocycles. The van der Waals surface area contributed by atoms with Crippen LogP contribution in [-0.2, 0) is 9.59 Å². The van der Waals surface area contributed by atoms with Gasteiger partial charge in [0.15, 0.2) is 0 Å². The number of amides is 2. The maximum atomic E-state index is 11.0. The molecule has 4 heteroatoms. The lowest BCUT2D eigenvalue weighted by atomic mass is 10.2. The molecule has 1 unspecified atom stereocenters. The van der Waals surface area contributed by atoms with Crippen LogP contribution in [0.4, 0.5) is 0 Å². The van der Waals surface area contributed by atoms with Gasteiger partial charge in [0.05, 0.1) is 0 Å². The van der Waals surface area contributed by atoms with E-state index in [1.807, 2.05) is 13.8 Å². The smallest absolute Gasteiger partial charge is 0.220 e. The first-order chi connectivity index (χ1) is 5.56. The second-order valence-electron chi connectivity index (χ2n) is 2.84. The Morgan fingerprint density at radius 3 is 2.42 bits per heavy atom. The summed E-state index contributed by atoms with van der Waals surface area (Å²) in [5.74, 6) is -0.544. The van der Waals surface area contributed by atoms with Crippen LogP contribution in [0.5, 0.6) is 0 Å². The highest BCUT2D eigenvalue weighted by Gasteiger charge is 2.06. The first-order valence-electron chi connectivity index (χ1n) is 4.14. The predicted molar refractivity (Wildman–Crippen MR) is 46.3 cm³/mol. The average Bonchev–Trinajstić information content (AvgIpc) is 2.00. The first-order valence-corrected chi connectivity index (χ1v) is 4.14. The monoisotopic (exact) mass is 172 g/mol. The normalized spacial score (nSPS) is 12.2. The van der Waals surface area contributed by atoms with Crippen molar-refractivity contribution >= 4 is 11.8 Å². The van der Waals surface area contributed by atoms with Crippen LogP contribution >= 0.6 is 0 Å². The maximum Gasteiger partial charge on any atom is 0.220 e.